The summed E-state index contributed by atoms with van der Waals surface area (Å²) in [5, 5.41) is 16.4. The maximum Gasteiger partial charge on any atom is 0.265 e. The molecule has 3 N–H and O–H groups in total. The number of fused-ring (bicyclic) bond motifs is 1. The molecule has 1 aromatic carbocycles. The summed E-state index contributed by atoms with van der Waals surface area (Å²) in [6, 6.07) is 4.63. The van der Waals surface area contributed by atoms with E-state index in [1.807, 2.05) is 13.8 Å². The van der Waals surface area contributed by atoms with Crippen LogP contribution < -0.4 is 15.2 Å². The SMILES string of the molecule is CC(C)C(C(=O)NCC1CC1)n1cc(COc2ccc3nc(S(N)(=O)=O)sc3c2)nn1. The van der Waals surface area contributed by atoms with E-state index in [4.69, 9.17) is 9.88 Å². The minimum Gasteiger partial charge on any atom is -0.487 e. The van der Waals surface area contributed by atoms with Crippen LogP contribution in [0.3, 0.4) is 0 Å². The van der Waals surface area contributed by atoms with Gasteiger partial charge in [0, 0.05) is 6.54 Å². The number of nitrogens with two attached hydrogens (primary N) is 1. The second kappa shape index (κ2) is 8.52. The summed E-state index contributed by atoms with van der Waals surface area (Å²) in [5.41, 5.74) is 1.11. The summed E-state index contributed by atoms with van der Waals surface area (Å²) in [7, 11) is -3.85. The van der Waals surface area contributed by atoms with Crippen molar-refractivity contribution < 1.29 is 17.9 Å². The maximum atomic E-state index is 12.6. The van der Waals surface area contributed by atoms with Crippen LogP contribution in [0, 0.1) is 11.8 Å². The van der Waals surface area contributed by atoms with Crippen molar-refractivity contribution in [2.75, 3.05) is 6.54 Å². The minimum atomic E-state index is -3.85. The molecule has 1 atom stereocenters. The van der Waals surface area contributed by atoms with E-state index >= 15 is 0 Å². The number of sulfonamides is 1. The number of nitrogens with one attached hydrogen (secondary N) is 1. The molecule has 4 rings (SSSR count). The summed E-state index contributed by atoms with van der Waals surface area (Å²) in [4.78, 5) is 16.6. The Balaban J connectivity index is 1.42. The predicted molar refractivity (Wildman–Crippen MR) is 115 cm³/mol. The number of carbonyl (C=O) groups excluding carboxylic acids is 1. The highest BCUT2D eigenvalue weighted by atomic mass is 32.2. The lowest BCUT2D eigenvalue weighted by atomic mass is 10.0. The fourth-order valence-electron chi connectivity index (χ4n) is 3.17. The number of hydrogen-bond donors (Lipinski definition) is 2. The predicted octanol–water partition coefficient (Wildman–Crippen LogP) is 1.84. The van der Waals surface area contributed by atoms with Gasteiger partial charge in [-0.05, 0) is 42.9 Å². The van der Waals surface area contributed by atoms with Crippen LogP contribution in [-0.2, 0) is 21.4 Å². The van der Waals surface area contributed by atoms with E-state index in [0.717, 1.165) is 11.3 Å². The van der Waals surface area contributed by atoms with Gasteiger partial charge in [-0.2, -0.15) is 0 Å². The monoisotopic (exact) mass is 464 g/mol. The highest BCUT2D eigenvalue weighted by Gasteiger charge is 2.28. The summed E-state index contributed by atoms with van der Waals surface area (Å²) < 4.78 is 30.8. The fourth-order valence-corrected chi connectivity index (χ4v) is 4.85. The number of thiazole rings is 1. The molecule has 1 fully saturated rings. The summed E-state index contributed by atoms with van der Waals surface area (Å²) in [6.45, 7) is 4.80. The zero-order chi connectivity index (χ0) is 22.2. The number of primary sulfonamides is 1. The van der Waals surface area contributed by atoms with Crippen LogP contribution in [-0.4, -0.2) is 40.8 Å². The second-order valence-corrected chi connectivity index (χ2v) is 10.8. The number of benzene rings is 1. The third-order valence-corrected chi connectivity index (χ3v) is 7.31. The van der Waals surface area contributed by atoms with E-state index in [9.17, 15) is 13.2 Å². The Bertz CT molecular complexity index is 1200. The zero-order valence-corrected chi connectivity index (χ0v) is 18.8. The molecule has 0 spiro atoms. The Labute approximate surface area is 183 Å². The standard InChI is InChI=1S/C19H24N6O4S2/c1-11(2)17(18(26)21-8-12-3-4-12)25-9-13(23-24-25)10-29-14-5-6-15-16(7-14)30-19(22-15)31(20,27)28/h5-7,9,11-12,17H,3-4,8,10H2,1-2H3,(H,21,26)(H2,20,27,28). The average molecular weight is 465 g/mol. The molecule has 166 valence electrons. The molecular formula is C19H24N6O4S2. The van der Waals surface area contributed by atoms with Crippen LogP contribution >= 0.6 is 11.3 Å². The Hall–Kier alpha value is -2.57. The lowest BCUT2D eigenvalue weighted by Gasteiger charge is -2.20. The number of hydrogen-bond acceptors (Lipinski definition) is 8. The van der Waals surface area contributed by atoms with Gasteiger partial charge >= 0.3 is 0 Å². The Morgan fingerprint density at radius 1 is 1.39 bits per heavy atom. The van der Waals surface area contributed by atoms with Gasteiger partial charge in [0.2, 0.25) is 10.2 Å². The Kier molecular flexibility index (Phi) is 5.95. The summed E-state index contributed by atoms with van der Waals surface area (Å²) in [5.74, 6) is 1.14. The molecule has 1 aliphatic carbocycles. The third-order valence-electron chi connectivity index (χ3n) is 4.98. The van der Waals surface area contributed by atoms with Crippen molar-refractivity contribution in [3.05, 3.63) is 30.1 Å². The second-order valence-electron chi connectivity index (χ2n) is 8.01. The smallest absolute Gasteiger partial charge is 0.265 e. The van der Waals surface area contributed by atoms with Crippen molar-refractivity contribution in [1.82, 2.24) is 25.3 Å². The molecule has 0 bridgehead atoms. The molecule has 12 heteroatoms. The van der Waals surface area contributed by atoms with E-state index in [0.29, 0.717) is 34.1 Å². The number of nitrogens with zero attached hydrogens (tertiary/aromatic N) is 4. The van der Waals surface area contributed by atoms with Crippen molar-refractivity contribution >= 4 is 37.5 Å². The normalized spacial score (nSPS) is 15.4. The fraction of sp³-hybridized carbons (Fsp3) is 0.474. The first-order valence-corrected chi connectivity index (χ1v) is 12.3. The first-order valence-electron chi connectivity index (χ1n) is 9.95. The van der Waals surface area contributed by atoms with Gasteiger partial charge in [-0.15, -0.1) is 16.4 Å². The van der Waals surface area contributed by atoms with E-state index in [1.54, 1.807) is 29.1 Å². The number of carbonyl (C=O) groups is 1. The minimum absolute atomic E-state index is 0.0522. The van der Waals surface area contributed by atoms with Gasteiger partial charge in [0.25, 0.3) is 10.0 Å². The van der Waals surface area contributed by atoms with E-state index < -0.39 is 16.1 Å². The average Bonchev–Trinajstić information content (AvgIpc) is 3.24. The molecule has 3 aromatic rings. The summed E-state index contributed by atoms with van der Waals surface area (Å²) >= 11 is 0.985. The van der Waals surface area contributed by atoms with E-state index in [-0.39, 0.29) is 22.8 Å². The van der Waals surface area contributed by atoms with Gasteiger partial charge in [-0.3, -0.25) is 4.79 Å². The third kappa shape index (κ3) is 5.20. The Morgan fingerprint density at radius 3 is 2.84 bits per heavy atom. The quantitative estimate of drug-likeness (QED) is 0.492. The molecule has 10 nitrogen and oxygen atoms in total. The number of aromatic nitrogens is 4. The van der Waals surface area contributed by atoms with Crippen molar-refractivity contribution in [3.8, 4) is 5.75 Å². The van der Waals surface area contributed by atoms with Gasteiger partial charge in [0.05, 0.1) is 16.4 Å². The molecule has 1 amide bonds. The summed E-state index contributed by atoms with van der Waals surface area (Å²) in [6.07, 6.45) is 4.06. The van der Waals surface area contributed by atoms with Crippen LogP contribution in [0.2, 0.25) is 0 Å². The highest BCUT2D eigenvalue weighted by molar-refractivity contribution is 7.91. The van der Waals surface area contributed by atoms with Crippen LogP contribution in [0.4, 0.5) is 0 Å². The van der Waals surface area contributed by atoms with Crippen LogP contribution in [0.1, 0.15) is 38.4 Å². The molecule has 2 aromatic heterocycles. The van der Waals surface area contributed by atoms with Gasteiger partial charge < -0.3 is 10.1 Å². The number of ether oxygens (including phenoxy) is 1. The zero-order valence-electron chi connectivity index (χ0n) is 17.2. The molecule has 0 saturated heterocycles. The number of rotatable bonds is 9. The van der Waals surface area contributed by atoms with Crippen molar-refractivity contribution in [1.29, 1.82) is 0 Å². The lowest BCUT2D eigenvalue weighted by molar-refractivity contribution is -0.126. The topological polar surface area (TPSA) is 142 Å². The van der Waals surface area contributed by atoms with Gasteiger partial charge in [0.1, 0.15) is 24.1 Å². The largest absolute Gasteiger partial charge is 0.487 e. The molecule has 0 aliphatic heterocycles. The van der Waals surface area contributed by atoms with Crippen LogP contribution in [0.15, 0.2) is 28.7 Å². The lowest BCUT2D eigenvalue weighted by Crippen LogP contribution is -2.36. The number of amides is 1. The van der Waals surface area contributed by atoms with Crippen LogP contribution in [0.25, 0.3) is 10.2 Å². The van der Waals surface area contributed by atoms with Crippen molar-refractivity contribution in [2.24, 2.45) is 17.0 Å². The molecule has 31 heavy (non-hydrogen) atoms. The van der Waals surface area contributed by atoms with Crippen LogP contribution in [0.5, 0.6) is 5.75 Å². The van der Waals surface area contributed by atoms with E-state index in [2.05, 4.69) is 20.6 Å². The molecule has 0 radical (unpaired) electrons. The van der Waals surface area contributed by atoms with Gasteiger partial charge in [-0.25, -0.2) is 23.2 Å². The molecule has 1 aliphatic rings. The molecule has 1 unspecified atom stereocenters. The first-order chi connectivity index (χ1) is 14.7. The Morgan fingerprint density at radius 2 is 2.16 bits per heavy atom. The van der Waals surface area contributed by atoms with E-state index in [1.165, 1.54) is 12.8 Å². The van der Waals surface area contributed by atoms with Gasteiger partial charge in [-0.1, -0.05) is 19.1 Å². The highest BCUT2D eigenvalue weighted by Crippen LogP contribution is 2.29. The molecule has 1 saturated carbocycles. The first kappa shape index (κ1) is 21.7. The maximum absolute atomic E-state index is 12.6. The van der Waals surface area contributed by atoms with Crippen molar-refractivity contribution in [2.45, 2.75) is 43.7 Å². The molecular weight excluding hydrogens is 440 g/mol. The van der Waals surface area contributed by atoms with Crippen molar-refractivity contribution in [3.63, 3.8) is 0 Å². The molecule has 2 heterocycles. The van der Waals surface area contributed by atoms with Gasteiger partial charge in [0.15, 0.2) is 0 Å².